The summed E-state index contributed by atoms with van der Waals surface area (Å²) in [5, 5.41) is 11.5. The molecular formula is C21H21F3N4OSi. The van der Waals surface area contributed by atoms with Gasteiger partial charge in [0.05, 0.1) is 5.69 Å². The van der Waals surface area contributed by atoms with Gasteiger partial charge in [-0.15, -0.1) is 5.54 Å². The maximum absolute atomic E-state index is 13.3. The van der Waals surface area contributed by atoms with E-state index in [1.165, 1.54) is 24.3 Å². The Morgan fingerprint density at radius 3 is 2.17 bits per heavy atom. The third kappa shape index (κ3) is 3.22. The first kappa shape index (κ1) is 20.6. The summed E-state index contributed by atoms with van der Waals surface area (Å²) < 4.78 is 39.9. The Kier molecular flexibility index (Phi) is 4.42. The maximum Gasteiger partial charge on any atom is 0.426 e. The number of alkyl halides is 3. The largest absolute Gasteiger partial charge is 0.426 e. The highest BCUT2D eigenvalue weighted by molar-refractivity contribution is 6.83. The highest BCUT2D eigenvalue weighted by atomic mass is 28.3. The number of nitrogens with two attached hydrogens (primary N) is 1. The lowest BCUT2D eigenvalue weighted by Crippen LogP contribution is -2.40. The number of hydrazine groups is 1. The third-order valence-electron chi connectivity index (χ3n) is 5.12. The number of aliphatic imine (C=N–C) groups is 1. The van der Waals surface area contributed by atoms with Crippen LogP contribution in [0, 0.1) is 11.5 Å². The van der Waals surface area contributed by atoms with Crippen molar-refractivity contribution in [1.29, 1.82) is 0 Å². The van der Waals surface area contributed by atoms with Crippen LogP contribution in [-0.2, 0) is 11.3 Å². The minimum Gasteiger partial charge on any atom is -0.384 e. The van der Waals surface area contributed by atoms with Crippen LogP contribution in [-0.4, -0.2) is 25.2 Å². The predicted octanol–water partition coefficient (Wildman–Crippen LogP) is 2.98. The smallest absolute Gasteiger partial charge is 0.384 e. The number of halogens is 3. The zero-order valence-corrected chi connectivity index (χ0v) is 17.6. The number of nitrogens with one attached hydrogen (secondary N) is 2. The van der Waals surface area contributed by atoms with Crippen molar-refractivity contribution >= 4 is 19.6 Å². The van der Waals surface area contributed by atoms with E-state index in [1.54, 1.807) is 12.1 Å². The van der Waals surface area contributed by atoms with Crippen molar-refractivity contribution in [3.63, 3.8) is 0 Å². The summed E-state index contributed by atoms with van der Waals surface area (Å²) in [4.78, 5) is 4.25. The standard InChI is InChI=1S/C21H21F3N4OSi/c1-30(2,3)11-10-13-4-9-17-16(12-13)19(29,18(25)26-17)14-5-7-15(8-6-14)20(27-28-20)21(22,23)24/h4-9,12,27-29H,1-3H3,(H2,25,26). The van der Waals surface area contributed by atoms with Crippen molar-refractivity contribution in [3.8, 4) is 11.5 Å². The topological polar surface area (TPSA) is 102 Å². The Labute approximate surface area is 173 Å². The Bertz CT molecular complexity index is 1110. The molecule has 2 aliphatic heterocycles. The molecule has 0 radical (unpaired) electrons. The van der Waals surface area contributed by atoms with Gasteiger partial charge < -0.3 is 10.8 Å². The van der Waals surface area contributed by atoms with Gasteiger partial charge in [0.15, 0.2) is 5.60 Å². The normalized spacial score (nSPS) is 22.0. The average Bonchev–Trinajstić information content (AvgIpc) is 3.44. The number of benzene rings is 2. The molecule has 0 spiro atoms. The van der Waals surface area contributed by atoms with Crippen LogP contribution in [0.5, 0.6) is 0 Å². The molecule has 1 fully saturated rings. The summed E-state index contributed by atoms with van der Waals surface area (Å²) in [6.07, 6.45) is -4.50. The van der Waals surface area contributed by atoms with Gasteiger partial charge in [-0.05, 0) is 29.3 Å². The molecule has 5 nitrogen and oxygen atoms in total. The van der Waals surface area contributed by atoms with Gasteiger partial charge in [-0.25, -0.2) is 15.8 Å². The molecule has 2 aliphatic rings. The number of hydrogen-bond donors (Lipinski definition) is 4. The van der Waals surface area contributed by atoms with Crippen LogP contribution < -0.4 is 16.6 Å². The fraction of sp³-hybridized carbons (Fsp3) is 0.286. The molecular weight excluding hydrogens is 409 g/mol. The monoisotopic (exact) mass is 430 g/mol. The molecule has 1 unspecified atom stereocenters. The molecule has 1 saturated heterocycles. The Balaban J connectivity index is 1.73. The Morgan fingerprint density at radius 1 is 1.03 bits per heavy atom. The lowest BCUT2D eigenvalue weighted by Gasteiger charge is -2.25. The van der Waals surface area contributed by atoms with Crippen LogP contribution in [0.4, 0.5) is 18.9 Å². The SMILES string of the molecule is C[Si](C)(C)C#Cc1ccc2c(c1)C(O)(c1ccc(C3(C(F)(F)F)NN3)cc1)C(N)=N2. The lowest BCUT2D eigenvalue weighted by molar-refractivity contribution is -0.165. The number of rotatable bonds is 2. The number of hydrogen-bond acceptors (Lipinski definition) is 5. The van der Waals surface area contributed by atoms with Crippen molar-refractivity contribution in [2.75, 3.05) is 0 Å². The molecule has 0 amide bonds. The van der Waals surface area contributed by atoms with Crippen LogP contribution in [0.3, 0.4) is 0 Å². The second-order valence-corrected chi connectivity index (χ2v) is 13.3. The molecule has 9 heteroatoms. The van der Waals surface area contributed by atoms with Gasteiger partial charge in [-0.2, -0.15) is 13.2 Å². The first-order valence-electron chi connectivity index (χ1n) is 9.34. The molecule has 1 atom stereocenters. The van der Waals surface area contributed by atoms with E-state index in [4.69, 9.17) is 5.73 Å². The van der Waals surface area contributed by atoms with E-state index < -0.39 is 25.5 Å². The Morgan fingerprint density at radius 2 is 1.63 bits per heavy atom. The number of nitrogens with zero attached hydrogens (tertiary/aromatic N) is 1. The molecule has 30 heavy (non-hydrogen) atoms. The van der Waals surface area contributed by atoms with Gasteiger partial charge in [0.25, 0.3) is 0 Å². The number of aliphatic hydroxyl groups is 1. The molecule has 156 valence electrons. The summed E-state index contributed by atoms with van der Waals surface area (Å²) in [6, 6.07) is 10.8. The number of fused-ring (bicyclic) bond motifs is 1. The molecule has 2 aromatic carbocycles. The minimum absolute atomic E-state index is 0.00849. The van der Waals surface area contributed by atoms with Crippen LogP contribution in [0.25, 0.3) is 0 Å². The first-order valence-corrected chi connectivity index (χ1v) is 12.8. The third-order valence-corrected chi connectivity index (χ3v) is 5.99. The van der Waals surface area contributed by atoms with Gasteiger partial charge in [0, 0.05) is 11.1 Å². The van der Waals surface area contributed by atoms with Crippen LogP contribution in [0.2, 0.25) is 19.6 Å². The van der Waals surface area contributed by atoms with Gasteiger partial charge >= 0.3 is 6.18 Å². The van der Waals surface area contributed by atoms with Crippen molar-refractivity contribution in [1.82, 2.24) is 10.9 Å². The van der Waals surface area contributed by atoms with E-state index in [2.05, 4.69) is 46.9 Å². The first-order chi connectivity index (χ1) is 13.9. The van der Waals surface area contributed by atoms with Crippen molar-refractivity contribution in [3.05, 3.63) is 64.7 Å². The lowest BCUT2D eigenvalue weighted by atomic mass is 9.84. The van der Waals surface area contributed by atoms with E-state index in [9.17, 15) is 18.3 Å². The predicted molar refractivity (Wildman–Crippen MR) is 111 cm³/mol. The van der Waals surface area contributed by atoms with Gasteiger partial charge in [-0.3, -0.25) is 0 Å². The fourth-order valence-electron chi connectivity index (χ4n) is 3.39. The van der Waals surface area contributed by atoms with Gasteiger partial charge in [0.1, 0.15) is 13.9 Å². The van der Waals surface area contributed by atoms with Crippen molar-refractivity contribution < 1.29 is 18.3 Å². The van der Waals surface area contributed by atoms with E-state index in [-0.39, 0.29) is 11.4 Å². The van der Waals surface area contributed by atoms with Crippen molar-refractivity contribution in [2.45, 2.75) is 37.1 Å². The molecule has 0 aliphatic carbocycles. The fourth-order valence-corrected chi connectivity index (χ4v) is 3.91. The highest BCUT2D eigenvalue weighted by Crippen LogP contribution is 2.45. The van der Waals surface area contributed by atoms with Crippen molar-refractivity contribution in [2.24, 2.45) is 10.7 Å². The minimum atomic E-state index is -4.50. The van der Waals surface area contributed by atoms with E-state index >= 15 is 0 Å². The van der Waals surface area contributed by atoms with Crippen LogP contribution >= 0.6 is 0 Å². The molecule has 5 N–H and O–H groups in total. The molecule has 0 aromatic heterocycles. The molecule has 4 rings (SSSR count). The zero-order chi connectivity index (χ0) is 21.9. The van der Waals surface area contributed by atoms with Gasteiger partial charge in [-0.1, -0.05) is 49.8 Å². The quantitative estimate of drug-likeness (QED) is 0.334. The molecule has 0 bridgehead atoms. The summed E-state index contributed by atoms with van der Waals surface area (Å²) in [7, 11) is -1.59. The molecule has 2 aromatic rings. The zero-order valence-electron chi connectivity index (χ0n) is 16.6. The second kappa shape index (κ2) is 6.43. The molecule has 0 saturated carbocycles. The summed E-state index contributed by atoms with van der Waals surface area (Å²) in [5.74, 6) is 3.11. The van der Waals surface area contributed by atoms with Crippen LogP contribution in [0.15, 0.2) is 47.5 Å². The summed E-state index contributed by atoms with van der Waals surface area (Å²) in [6.45, 7) is 6.39. The van der Waals surface area contributed by atoms with Crippen LogP contribution in [0.1, 0.15) is 22.3 Å². The highest BCUT2D eigenvalue weighted by Gasteiger charge is 2.65. The second-order valence-electron chi connectivity index (χ2n) is 8.51. The summed E-state index contributed by atoms with van der Waals surface area (Å²) >= 11 is 0. The average molecular weight is 431 g/mol. The number of amidine groups is 1. The van der Waals surface area contributed by atoms with Gasteiger partial charge in [0.2, 0.25) is 5.66 Å². The summed E-state index contributed by atoms with van der Waals surface area (Å²) in [5.41, 5.74) is 11.7. The maximum atomic E-state index is 13.3. The van der Waals surface area contributed by atoms with E-state index in [1.807, 2.05) is 6.07 Å². The molecule has 2 heterocycles. The van der Waals surface area contributed by atoms with E-state index in [0.717, 1.165) is 5.56 Å². The Hall–Kier alpha value is -2.64. The van der Waals surface area contributed by atoms with E-state index in [0.29, 0.717) is 16.8 Å².